The Bertz CT molecular complexity index is 3340. The topological polar surface area (TPSA) is 77.5 Å². The van der Waals surface area contributed by atoms with Crippen LogP contribution < -0.4 is 4.74 Å². The summed E-state index contributed by atoms with van der Waals surface area (Å²) in [7, 11) is -7.58. The van der Waals surface area contributed by atoms with Crippen LogP contribution in [0.3, 0.4) is 0 Å². The van der Waals surface area contributed by atoms with Crippen molar-refractivity contribution in [1.82, 2.24) is 0 Å². The van der Waals surface area contributed by atoms with Crippen LogP contribution in [0.15, 0.2) is 274 Å². The summed E-state index contributed by atoms with van der Waals surface area (Å²) in [5.74, 6) is 1.08. The molecule has 0 atom stereocenters. The second kappa shape index (κ2) is 18.4. The van der Waals surface area contributed by atoms with Crippen LogP contribution in [0.4, 0.5) is 0 Å². The number of sulfone groups is 2. The van der Waals surface area contributed by atoms with Crippen molar-refractivity contribution in [2.24, 2.45) is 0 Å². The molecule has 0 aliphatic rings. The highest BCUT2D eigenvalue weighted by Gasteiger charge is 2.24. The maximum absolute atomic E-state index is 13.8. The van der Waals surface area contributed by atoms with E-state index in [1.807, 2.05) is 109 Å². The minimum Gasteiger partial charge on any atom is -0.456 e. The summed E-state index contributed by atoms with van der Waals surface area (Å²) in [6.45, 7) is 0. The Morgan fingerprint density at radius 3 is 0.866 bits per heavy atom. The van der Waals surface area contributed by atoms with E-state index in [0.29, 0.717) is 11.5 Å². The number of ether oxygens (including phenoxy) is 1. The Hall–Kier alpha value is -8.10. The molecular weight excluding hydrogens is 865 g/mol. The minimum absolute atomic E-state index is 0.178. The van der Waals surface area contributed by atoms with Crippen LogP contribution in [0.5, 0.6) is 11.5 Å². The van der Waals surface area contributed by atoms with Gasteiger partial charge in [-0.15, -0.1) is 0 Å². The zero-order valence-corrected chi connectivity index (χ0v) is 37.7. The first-order valence-corrected chi connectivity index (χ1v) is 24.8. The molecule has 67 heavy (non-hydrogen) atoms. The van der Waals surface area contributed by atoms with Gasteiger partial charge in [-0.2, -0.15) is 0 Å². The van der Waals surface area contributed by atoms with Gasteiger partial charge in [0.05, 0.1) is 19.6 Å². The second-order valence-corrected chi connectivity index (χ2v) is 19.9. The molecule has 5 nitrogen and oxygen atoms in total. The molecule has 0 spiro atoms. The molecule has 0 N–H and O–H groups in total. The predicted molar refractivity (Wildman–Crippen MR) is 269 cm³/mol. The smallest absolute Gasteiger partial charge is 0.206 e. The van der Waals surface area contributed by atoms with Crippen LogP contribution in [0.25, 0.3) is 66.8 Å². The molecule has 0 aliphatic heterocycles. The number of hydrogen-bond acceptors (Lipinski definition) is 5. The van der Waals surface area contributed by atoms with Crippen molar-refractivity contribution in [1.29, 1.82) is 0 Å². The van der Waals surface area contributed by atoms with E-state index in [2.05, 4.69) is 60.7 Å². The summed E-state index contributed by atoms with van der Waals surface area (Å²) in [6.07, 6.45) is 0. The molecule has 10 aromatic rings. The first-order valence-electron chi connectivity index (χ1n) is 21.8. The van der Waals surface area contributed by atoms with Crippen molar-refractivity contribution < 1.29 is 21.6 Å². The quantitative estimate of drug-likeness (QED) is 0.122. The number of hydrogen-bond donors (Lipinski definition) is 0. The summed E-state index contributed by atoms with van der Waals surface area (Å²) in [5, 5.41) is 0. The van der Waals surface area contributed by atoms with E-state index in [-0.39, 0.29) is 19.6 Å². The fraction of sp³-hybridized carbons (Fsp3) is 0. The van der Waals surface area contributed by atoms with E-state index in [1.165, 1.54) is 0 Å². The van der Waals surface area contributed by atoms with Gasteiger partial charge in [-0.25, -0.2) is 16.8 Å². The molecule has 0 unspecified atom stereocenters. The monoisotopic (exact) mass is 906 g/mol. The third kappa shape index (κ3) is 8.50. The molecule has 0 saturated heterocycles. The minimum atomic E-state index is -3.79. The van der Waals surface area contributed by atoms with Crippen LogP contribution in [0, 0.1) is 0 Å². The number of benzene rings is 10. The van der Waals surface area contributed by atoms with E-state index in [9.17, 15) is 16.8 Å². The third-order valence-corrected chi connectivity index (χ3v) is 15.5. The molecule has 0 bridgehead atoms. The Labute approximate surface area is 391 Å². The summed E-state index contributed by atoms with van der Waals surface area (Å²) in [5.41, 5.74) is 10.9. The normalized spacial score (nSPS) is 11.5. The van der Waals surface area contributed by atoms with Gasteiger partial charge in [0.25, 0.3) is 0 Å². The molecule has 7 heteroatoms. The summed E-state index contributed by atoms with van der Waals surface area (Å²) in [4.78, 5) is 0.792. The lowest BCUT2D eigenvalue weighted by Gasteiger charge is -2.22. The molecule has 0 saturated carbocycles. The third-order valence-electron chi connectivity index (χ3n) is 11.9. The van der Waals surface area contributed by atoms with Crippen molar-refractivity contribution in [2.45, 2.75) is 19.6 Å². The van der Waals surface area contributed by atoms with Crippen LogP contribution >= 0.6 is 0 Å². The summed E-state index contributed by atoms with van der Waals surface area (Å²) < 4.78 is 62.5. The van der Waals surface area contributed by atoms with Crippen LogP contribution in [-0.4, -0.2) is 16.8 Å². The van der Waals surface area contributed by atoms with Gasteiger partial charge < -0.3 is 4.74 Å². The van der Waals surface area contributed by atoms with Gasteiger partial charge >= 0.3 is 0 Å². The summed E-state index contributed by atoms with van der Waals surface area (Å²) in [6, 6.07) is 79.7. The average Bonchev–Trinajstić information content (AvgIpc) is 3.39. The van der Waals surface area contributed by atoms with Gasteiger partial charge in [0.2, 0.25) is 19.7 Å². The fourth-order valence-electron chi connectivity index (χ4n) is 8.64. The Morgan fingerprint density at radius 1 is 0.224 bits per heavy atom. The molecule has 0 aliphatic carbocycles. The summed E-state index contributed by atoms with van der Waals surface area (Å²) >= 11 is 0. The van der Waals surface area contributed by atoms with Crippen molar-refractivity contribution in [3.63, 3.8) is 0 Å². The Morgan fingerprint density at radius 2 is 0.507 bits per heavy atom. The van der Waals surface area contributed by atoms with Gasteiger partial charge in [-0.05, 0) is 116 Å². The molecule has 0 amide bonds. The van der Waals surface area contributed by atoms with Gasteiger partial charge in [-0.1, -0.05) is 194 Å². The SMILES string of the molecule is O=S(=O)(c1ccccc1)c1ccc(-c2c(Oc3cccc(-c4ccccc4-c4ccccc4)c3-c3ccc(S(=O)(=O)c4ccccc4)cc3)cccc2-c2ccccc2-c2ccccc2)cc1. The molecule has 10 rings (SSSR count). The van der Waals surface area contributed by atoms with Gasteiger partial charge in [0.1, 0.15) is 11.5 Å². The van der Waals surface area contributed by atoms with E-state index >= 15 is 0 Å². The van der Waals surface area contributed by atoms with Crippen LogP contribution in [0.1, 0.15) is 0 Å². The van der Waals surface area contributed by atoms with Gasteiger partial charge in [-0.3, -0.25) is 0 Å². The van der Waals surface area contributed by atoms with Crippen molar-refractivity contribution >= 4 is 19.7 Å². The maximum atomic E-state index is 13.8. The van der Waals surface area contributed by atoms with Crippen molar-refractivity contribution in [3.8, 4) is 78.3 Å². The Balaban J connectivity index is 1.17. The molecule has 0 aromatic heterocycles. The highest BCUT2D eigenvalue weighted by molar-refractivity contribution is 7.91. The maximum Gasteiger partial charge on any atom is 0.206 e. The highest BCUT2D eigenvalue weighted by Crippen LogP contribution is 2.48. The Kier molecular flexibility index (Phi) is 11.8. The first-order chi connectivity index (χ1) is 32.8. The lowest BCUT2D eigenvalue weighted by Crippen LogP contribution is -2.02. The second-order valence-electron chi connectivity index (χ2n) is 16.0. The largest absolute Gasteiger partial charge is 0.456 e. The zero-order chi connectivity index (χ0) is 45.8. The fourth-order valence-corrected chi connectivity index (χ4v) is 11.2. The molecule has 10 aromatic carbocycles. The van der Waals surface area contributed by atoms with Crippen molar-refractivity contribution in [2.75, 3.05) is 0 Å². The average molecular weight is 907 g/mol. The predicted octanol–water partition coefficient (Wildman–Crippen LogP) is 15.1. The number of rotatable bonds is 12. The van der Waals surface area contributed by atoms with E-state index in [4.69, 9.17) is 4.74 Å². The van der Waals surface area contributed by atoms with E-state index in [1.54, 1.807) is 84.9 Å². The first kappa shape index (κ1) is 42.8. The van der Waals surface area contributed by atoms with Crippen molar-refractivity contribution in [3.05, 3.63) is 255 Å². The lowest BCUT2D eigenvalue weighted by atomic mass is 9.88. The molecule has 0 fully saturated rings. The van der Waals surface area contributed by atoms with Crippen LogP contribution in [-0.2, 0) is 19.7 Å². The molecule has 0 heterocycles. The lowest BCUT2D eigenvalue weighted by molar-refractivity contribution is 0.486. The van der Waals surface area contributed by atoms with Crippen LogP contribution in [0.2, 0.25) is 0 Å². The molecule has 324 valence electrons. The molecular formula is C60H42O5S2. The van der Waals surface area contributed by atoms with Gasteiger partial charge in [0, 0.05) is 11.1 Å². The highest BCUT2D eigenvalue weighted by atomic mass is 32.2. The van der Waals surface area contributed by atoms with Gasteiger partial charge in [0.15, 0.2) is 0 Å². The van der Waals surface area contributed by atoms with E-state index in [0.717, 1.165) is 66.8 Å². The van der Waals surface area contributed by atoms with E-state index < -0.39 is 19.7 Å². The standard InChI is InChI=1S/C60H42O5S2/c61-66(62,47-23-9-3-10-24-47)49-39-35-45(36-40-49)59-55(53-29-15-13-27-51(53)43-19-5-1-6-20-43)31-17-33-57(59)65-58-34-18-32-56(54-30-16-14-28-52(54)44-21-7-2-8-22-44)60(58)46-37-41-50(42-38-46)67(63,64)48-25-11-4-12-26-48/h1-42H. The molecule has 0 radical (unpaired) electrons. The zero-order valence-electron chi connectivity index (χ0n) is 36.1.